The van der Waals surface area contributed by atoms with Gasteiger partial charge in [-0.2, -0.15) is 0 Å². The number of amides is 1. The van der Waals surface area contributed by atoms with Gasteiger partial charge in [-0.3, -0.25) is 9.89 Å². The molecule has 0 aliphatic heterocycles. The number of H-pyrrole nitrogens is 1. The highest BCUT2D eigenvalue weighted by atomic mass is 16.4. The molecule has 0 unspecified atom stereocenters. The summed E-state index contributed by atoms with van der Waals surface area (Å²) >= 11 is 0. The lowest BCUT2D eigenvalue weighted by molar-refractivity contribution is -0.140. The predicted molar refractivity (Wildman–Crippen MR) is 62.1 cm³/mol. The van der Waals surface area contributed by atoms with E-state index in [1.54, 1.807) is 13.8 Å². The van der Waals surface area contributed by atoms with Crippen LogP contribution >= 0.6 is 0 Å². The lowest BCUT2D eigenvalue weighted by Gasteiger charge is -2.16. The molecule has 7 heteroatoms. The molecule has 0 bridgehead atoms. The number of carboxylic acid groups (broad SMARTS) is 1. The van der Waals surface area contributed by atoms with E-state index in [1.807, 2.05) is 0 Å². The second-order valence-electron chi connectivity index (χ2n) is 4.85. The van der Waals surface area contributed by atoms with Crippen LogP contribution in [0.2, 0.25) is 0 Å². The molecule has 18 heavy (non-hydrogen) atoms. The monoisotopic (exact) mass is 252 g/mol. The molecule has 1 heterocycles. The Labute approximate surface area is 104 Å². The van der Waals surface area contributed by atoms with Crippen LogP contribution in [0, 0.1) is 5.92 Å². The molecule has 1 amide bonds. The number of aliphatic carboxylic acids is 1. The van der Waals surface area contributed by atoms with E-state index in [-0.39, 0.29) is 11.7 Å². The first-order chi connectivity index (χ1) is 8.49. The van der Waals surface area contributed by atoms with Gasteiger partial charge in [0.15, 0.2) is 0 Å². The first-order valence-electron chi connectivity index (χ1n) is 5.95. The fourth-order valence-corrected chi connectivity index (χ4v) is 1.63. The number of carbonyl (C=O) groups is 2. The zero-order valence-corrected chi connectivity index (χ0v) is 10.3. The van der Waals surface area contributed by atoms with Gasteiger partial charge in [-0.1, -0.05) is 13.8 Å². The second kappa shape index (κ2) is 4.75. The third-order valence-electron chi connectivity index (χ3n) is 2.89. The summed E-state index contributed by atoms with van der Waals surface area (Å²) in [6.07, 6.45) is 2.11. The van der Waals surface area contributed by atoms with Crippen LogP contribution in [0.5, 0.6) is 0 Å². The van der Waals surface area contributed by atoms with Gasteiger partial charge in [-0.25, -0.2) is 9.78 Å². The van der Waals surface area contributed by atoms with Crippen LogP contribution in [-0.2, 0) is 4.79 Å². The zero-order chi connectivity index (χ0) is 13.3. The molecule has 1 saturated carbocycles. The quantitative estimate of drug-likeness (QED) is 0.708. The number of aromatic amines is 1. The maximum Gasteiger partial charge on any atom is 0.326 e. The number of nitrogens with one attached hydrogen (secondary N) is 2. The van der Waals surface area contributed by atoms with Crippen molar-refractivity contribution in [1.82, 2.24) is 20.5 Å². The van der Waals surface area contributed by atoms with E-state index < -0.39 is 17.9 Å². The summed E-state index contributed by atoms with van der Waals surface area (Å²) in [5.41, 5.74) is 0. The van der Waals surface area contributed by atoms with E-state index in [2.05, 4.69) is 20.5 Å². The molecule has 98 valence electrons. The Hall–Kier alpha value is -1.92. The van der Waals surface area contributed by atoms with Gasteiger partial charge in [-0.15, -0.1) is 5.10 Å². The Morgan fingerprint density at radius 2 is 2.11 bits per heavy atom. The molecule has 7 nitrogen and oxygen atoms in total. The summed E-state index contributed by atoms with van der Waals surface area (Å²) in [4.78, 5) is 26.8. The zero-order valence-electron chi connectivity index (χ0n) is 10.3. The summed E-state index contributed by atoms with van der Waals surface area (Å²) in [6, 6.07) is -0.930. The maximum absolute atomic E-state index is 11.8. The Morgan fingerprint density at radius 3 is 2.61 bits per heavy atom. The topological polar surface area (TPSA) is 108 Å². The van der Waals surface area contributed by atoms with Gasteiger partial charge in [0, 0.05) is 5.92 Å². The van der Waals surface area contributed by atoms with Gasteiger partial charge in [0.1, 0.15) is 11.9 Å². The van der Waals surface area contributed by atoms with Crippen LogP contribution in [0.1, 0.15) is 49.1 Å². The van der Waals surface area contributed by atoms with Crippen molar-refractivity contribution >= 4 is 11.9 Å². The molecule has 1 aromatic heterocycles. The molecule has 1 aliphatic rings. The van der Waals surface area contributed by atoms with Gasteiger partial charge >= 0.3 is 5.97 Å². The van der Waals surface area contributed by atoms with Crippen LogP contribution in [0.4, 0.5) is 0 Å². The highest BCUT2D eigenvalue weighted by molar-refractivity contribution is 5.93. The first-order valence-corrected chi connectivity index (χ1v) is 5.95. The molecule has 1 fully saturated rings. The summed E-state index contributed by atoms with van der Waals surface area (Å²) in [5, 5.41) is 17.9. The van der Waals surface area contributed by atoms with Gasteiger partial charge in [0.05, 0.1) is 0 Å². The minimum absolute atomic E-state index is 0.00352. The molecule has 0 radical (unpaired) electrons. The van der Waals surface area contributed by atoms with Crippen LogP contribution in [0.15, 0.2) is 0 Å². The average Bonchev–Trinajstić information content (AvgIpc) is 3.03. The first kappa shape index (κ1) is 12.5. The largest absolute Gasteiger partial charge is 0.480 e. The highest BCUT2D eigenvalue weighted by Crippen LogP contribution is 2.37. The Kier molecular flexibility index (Phi) is 3.31. The van der Waals surface area contributed by atoms with E-state index >= 15 is 0 Å². The van der Waals surface area contributed by atoms with E-state index in [1.165, 1.54) is 0 Å². The smallest absolute Gasteiger partial charge is 0.326 e. The second-order valence-corrected chi connectivity index (χ2v) is 4.85. The molecular formula is C11H16N4O3. The van der Waals surface area contributed by atoms with Crippen LogP contribution in [0.3, 0.4) is 0 Å². The van der Waals surface area contributed by atoms with Crippen LogP contribution in [0.25, 0.3) is 0 Å². The SMILES string of the molecule is CC(C)[C@H](NC(=O)c1n[nH]c(C2CC2)n1)C(=O)O. The molecule has 0 spiro atoms. The molecule has 0 aromatic carbocycles. The van der Waals surface area contributed by atoms with Crippen molar-refractivity contribution in [3.63, 3.8) is 0 Å². The minimum Gasteiger partial charge on any atom is -0.480 e. The van der Waals surface area contributed by atoms with Gasteiger partial charge in [0.25, 0.3) is 5.91 Å². The maximum atomic E-state index is 11.8. The molecule has 1 aromatic rings. The van der Waals surface area contributed by atoms with Crippen molar-refractivity contribution in [2.24, 2.45) is 5.92 Å². The fourth-order valence-electron chi connectivity index (χ4n) is 1.63. The molecule has 3 N–H and O–H groups in total. The Bertz CT molecular complexity index is 465. The summed E-state index contributed by atoms with van der Waals surface area (Å²) < 4.78 is 0. The lowest BCUT2D eigenvalue weighted by atomic mass is 10.1. The predicted octanol–water partition coefficient (Wildman–Crippen LogP) is 0.521. The number of nitrogens with zero attached hydrogens (tertiary/aromatic N) is 2. The highest BCUT2D eigenvalue weighted by Gasteiger charge is 2.29. The summed E-state index contributed by atoms with van der Waals surface area (Å²) in [5.74, 6) is -0.733. The van der Waals surface area contributed by atoms with Gasteiger partial charge < -0.3 is 10.4 Å². The van der Waals surface area contributed by atoms with Gasteiger partial charge in [-0.05, 0) is 18.8 Å². The normalized spacial score (nSPS) is 16.6. The molecule has 2 rings (SSSR count). The molecule has 1 atom stereocenters. The number of carbonyl (C=O) groups excluding carboxylic acids is 1. The molecular weight excluding hydrogens is 236 g/mol. The third-order valence-corrected chi connectivity index (χ3v) is 2.89. The number of hydrogen-bond donors (Lipinski definition) is 3. The minimum atomic E-state index is -1.06. The lowest BCUT2D eigenvalue weighted by Crippen LogP contribution is -2.44. The number of rotatable bonds is 5. The van der Waals surface area contributed by atoms with Crippen molar-refractivity contribution in [3.8, 4) is 0 Å². The summed E-state index contributed by atoms with van der Waals surface area (Å²) in [7, 11) is 0. The fraction of sp³-hybridized carbons (Fsp3) is 0.636. The number of aromatic nitrogens is 3. The summed E-state index contributed by atoms with van der Waals surface area (Å²) in [6.45, 7) is 3.46. The van der Waals surface area contributed by atoms with Crippen LogP contribution in [-0.4, -0.2) is 38.2 Å². The average molecular weight is 252 g/mol. The standard InChI is InChI=1S/C11H16N4O3/c1-5(2)7(11(17)18)12-10(16)9-13-8(14-15-9)6-3-4-6/h5-7H,3-4H2,1-2H3,(H,12,16)(H,17,18)(H,13,14,15)/t7-/m0/s1. The number of carboxylic acids is 1. The third kappa shape index (κ3) is 2.66. The Balaban J connectivity index is 2.03. The number of hydrogen-bond acceptors (Lipinski definition) is 4. The van der Waals surface area contributed by atoms with Crippen molar-refractivity contribution in [2.75, 3.05) is 0 Å². The van der Waals surface area contributed by atoms with E-state index in [9.17, 15) is 9.59 Å². The van der Waals surface area contributed by atoms with Crippen molar-refractivity contribution in [3.05, 3.63) is 11.6 Å². The van der Waals surface area contributed by atoms with Crippen molar-refractivity contribution in [1.29, 1.82) is 0 Å². The Morgan fingerprint density at radius 1 is 1.44 bits per heavy atom. The molecule has 1 aliphatic carbocycles. The van der Waals surface area contributed by atoms with E-state index in [4.69, 9.17) is 5.11 Å². The van der Waals surface area contributed by atoms with Crippen LogP contribution < -0.4 is 5.32 Å². The van der Waals surface area contributed by atoms with E-state index in [0.717, 1.165) is 12.8 Å². The molecule has 0 saturated heterocycles. The van der Waals surface area contributed by atoms with Gasteiger partial charge in [0.2, 0.25) is 5.82 Å². The van der Waals surface area contributed by atoms with Crippen molar-refractivity contribution < 1.29 is 14.7 Å². The van der Waals surface area contributed by atoms with E-state index in [0.29, 0.717) is 11.7 Å². The van der Waals surface area contributed by atoms with Crippen molar-refractivity contribution in [2.45, 2.75) is 38.6 Å².